The van der Waals surface area contributed by atoms with Crippen LogP contribution in [0.2, 0.25) is 0 Å². The number of thioether (sulfide) groups is 1. The van der Waals surface area contributed by atoms with Crippen LogP contribution in [0, 0.1) is 0 Å². The molecule has 1 saturated carbocycles. The van der Waals surface area contributed by atoms with Gasteiger partial charge in [0, 0.05) is 11.8 Å². The summed E-state index contributed by atoms with van der Waals surface area (Å²) in [6.07, 6.45) is 1.85. The van der Waals surface area contributed by atoms with Crippen LogP contribution in [0.25, 0.3) is 0 Å². The number of carboxylic acids is 1. The Morgan fingerprint density at radius 1 is 1.35 bits per heavy atom. The van der Waals surface area contributed by atoms with Crippen LogP contribution in [0.5, 0.6) is 0 Å². The van der Waals surface area contributed by atoms with E-state index in [1.807, 2.05) is 37.3 Å². The van der Waals surface area contributed by atoms with Crippen molar-refractivity contribution in [2.45, 2.75) is 36.8 Å². The fourth-order valence-corrected chi connectivity index (χ4v) is 2.93. The third-order valence-electron chi connectivity index (χ3n) is 3.27. The first-order valence-corrected chi connectivity index (χ1v) is 7.80. The highest BCUT2D eigenvalue weighted by Gasteiger charge is 2.35. The molecule has 1 fully saturated rings. The van der Waals surface area contributed by atoms with E-state index in [1.54, 1.807) is 11.8 Å². The van der Waals surface area contributed by atoms with Crippen LogP contribution in [-0.2, 0) is 15.3 Å². The second-order valence-corrected chi connectivity index (χ2v) is 6.36. The van der Waals surface area contributed by atoms with Crippen LogP contribution in [0.15, 0.2) is 30.3 Å². The van der Waals surface area contributed by atoms with Crippen LogP contribution < -0.4 is 0 Å². The highest BCUT2D eigenvalue weighted by Crippen LogP contribution is 2.29. The van der Waals surface area contributed by atoms with E-state index < -0.39 is 5.97 Å². The quantitative estimate of drug-likeness (QED) is 0.838. The molecule has 0 aliphatic heterocycles. The molecular weight excluding hydrogens is 274 g/mol. The summed E-state index contributed by atoms with van der Waals surface area (Å²) >= 11 is 1.55. The summed E-state index contributed by atoms with van der Waals surface area (Å²) < 4.78 is 0. The molecule has 2 rings (SSSR count). The Hall–Kier alpha value is -1.49. The zero-order valence-corrected chi connectivity index (χ0v) is 12.3. The summed E-state index contributed by atoms with van der Waals surface area (Å²) in [5.41, 5.74) is 1.17. The standard InChI is InChI=1S/C15H19NO3S/c1-11(20-10-12-5-3-2-4-6-12)15(19)16(9-14(17)18)13-7-8-13/h2-6,11,13H,7-10H2,1H3,(H,17,18). The van der Waals surface area contributed by atoms with Crippen molar-refractivity contribution in [3.63, 3.8) is 0 Å². The summed E-state index contributed by atoms with van der Waals surface area (Å²) in [5.74, 6) is -0.236. The average molecular weight is 293 g/mol. The first-order valence-electron chi connectivity index (χ1n) is 6.75. The van der Waals surface area contributed by atoms with E-state index in [0.29, 0.717) is 0 Å². The summed E-state index contributed by atoms with van der Waals surface area (Å²) in [5, 5.41) is 8.69. The Labute approximate surface area is 123 Å². The maximum atomic E-state index is 12.3. The average Bonchev–Trinajstić information content (AvgIpc) is 3.27. The molecule has 0 heterocycles. The summed E-state index contributed by atoms with van der Waals surface area (Å²) in [6.45, 7) is 1.67. The highest BCUT2D eigenvalue weighted by atomic mass is 32.2. The molecular formula is C15H19NO3S. The van der Waals surface area contributed by atoms with Crippen LogP contribution in [0.4, 0.5) is 0 Å². The number of rotatable bonds is 7. The highest BCUT2D eigenvalue weighted by molar-refractivity contribution is 7.99. The van der Waals surface area contributed by atoms with Gasteiger partial charge in [0.2, 0.25) is 5.91 Å². The fraction of sp³-hybridized carbons (Fsp3) is 0.467. The van der Waals surface area contributed by atoms with E-state index >= 15 is 0 Å². The van der Waals surface area contributed by atoms with Crippen molar-refractivity contribution in [1.29, 1.82) is 0 Å². The Bertz CT molecular complexity index is 473. The Kier molecular flexibility index (Phi) is 5.06. The van der Waals surface area contributed by atoms with Crippen molar-refractivity contribution < 1.29 is 14.7 Å². The van der Waals surface area contributed by atoms with Gasteiger partial charge in [0.1, 0.15) is 6.54 Å². The third kappa shape index (κ3) is 4.27. The molecule has 1 aromatic carbocycles. The van der Waals surface area contributed by atoms with Crippen molar-refractivity contribution in [2.24, 2.45) is 0 Å². The summed E-state index contributed by atoms with van der Waals surface area (Å²) in [7, 11) is 0. The molecule has 0 bridgehead atoms. The lowest BCUT2D eigenvalue weighted by Gasteiger charge is -2.23. The summed E-state index contributed by atoms with van der Waals surface area (Å²) in [6, 6.07) is 10.1. The molecule has 5 heteroatoms. The van der Waals surface area contributed by atoms with E-state index in [0.717, 1.165) is 18.6 Å². The van der Waals surface area contributed by atoms with Crippen molar-refractivity contribution in [3.05, 3.63) is 35.9 Å². The minimum atomic E-state index is -0.939. The maximum absolute atomic E-state index is 12.3. The number of hydrogen-bond donors (Lipinski definition) is 1. The monoisotopic (exact) mass is 293 g/mol. The van der Waals surface area contributed by atoms with Crippen molar-refractivity contribution in [2.75, 3.05) is 6.54 Å². The number of carbonyl (C=O) groups is 2. The van der Waals surface area contributed by atoms with E-state index in [-0.39, 0.29) is 23.7 Å². The maximum Gasteiger partial charge on any atom is 0.323 e. The number of carboxylic acid groups (broad SMARTS) is 1. The van der Waals surface area contributed by atoms with Gasteiger partial charge in [0.05, 0.1) is 5.25 Å². The van der Waals surface area contributed by atoms with Gasteiger partial charge >= 0.3 is 5.97 Å². The molecule has 0 saturated heterocycles. The number of aliphatic carboxylic acids is 1. The fourth-order valence-electron chi connectivity index (χ4n) is 2.02. The van der Waals surface area contributed by atoms with Crippen LogP contribution in [-0.4, -0.2) is 39.7 Å². The van der Waals surface area contributed by atoms with Gasteiger partial charge in [-0.05, 0) is 25.3 Å². The smallest absolute Gasteiger partial charge is 0.323 e. The van der Waals surface area contributed by atoms with Gasteiger partial charge in [0.15, 0.2) is 0 Å². The van der Waals surface area contributed by atoms with Crippen molar-refractivity contribution in [1.82, 2.24) is 4.90 Å². The molecule has 4 nitrogen and oxygen atoms in total. The van der Waals surface area contributed by atoms with Gasteiger partial charge in [-0.15, -0.1) is 11.8 Å². The molecule has 1 amide bonds. The lowest BCUT2D eigenvalue weighted by molar-refractivity contribution is -0.144. The molecule has 1 aliphatic carbocycles. The van der Waals surface area contributed by atoms with Gasteiger partial charge in [0.25, 0.3) is 0 Å². The molecule has 1 atom stereocenters. The molecule has 20 heavy (non-hydrogen) atoms. The van der Waals surface area contributed by atoms with E-state index in [1.165, 1.54) is 10.5 Å². The number of amides is 1. The van der Waals surface area contributed by atoms with Gasteiger partial charge in [-0.2, -0.15) is 0 Å². The zero-order valence-electron chi connectivity index (χ0n) is 11.5. The second-order valence-electron chi connectivity index (χ2n) is 5.03. The number of nitrogens with zero attached hydrogens (tertiary/aromatic N) is 1. The van der Waals surface area contributed by atoms with Gasteiger partial charge < -0.3 is 10.0 Å². The summed E-state index contributed by atoms with van der Waals surface area (Å²) in [4.78, 5) is 24.7. The molecule has 1 N–H and O–H groups in total. The molecule has 1 aliphatic rings. The molecule has 0 aromatic heterocycles. The Balaban J connectivity index is 1.88. The largest absolute Gasteiger partial charge is 0.480 e. The van der Waals surface area contributed by atoms with Crippen molar-refractivity contribution >= 4 is 23.6 Å². The SMILES string of the molecule is CC(SCc1ccccc1)C(=O)N(CC(=O)O)C1CC1. The van der Waals surface area contributed by atoms with Crippen LogP contribution >= 0.6 is 11.8 Å². The molecule has 0 radical (unpaired) electrons. The first-order chi connectivity index (χ1) is 9.58. The molecule has 0 spiro atoms. The second kappa shape index (κ2) is 6.79. The zero-order chi connectivity index (χ0) is 14.5. The molecule has 1 aromatic rings. The first kappa shape index (κ1) is 14.9. The lowest BCUT2D eigenvalue weighted by atomic mass is 10.2. The molecule has 1 unspecified atom stereocenters. The Morgan fingerprint density at radius 2 is 2.00 bits per heavy atom. The van der Waals surface area contributed by atoms with Gasteiger partial charge in [-0.3, -0.25) is 9.59 Å². The third-order valence-corrected chi connectivity index (χ3v) is 4.47. The minimum Gasteiger partial charge on any atom is -0.480 e. The predicted molar refractivity (Wildman–Crippen MR) is 79.6 cm³/mol. The van der Waals surface area contributed by atoms with Crippen molar-refractivity contribution in [3.8, 4) is 0 Å². The lowest BCUT2D eigenvalue weighted by Crippen LogP contribution is -2.41. The van der Waals surface area contributed by atoms with Gasteiger partial charge in [-0.1, -0.05) is 30.3 Å². The van der Waals surface area contributed by atoms with E-state index in [9.17, 15) is 9.59 Å². The van der Waals surface area contributed by atoms with E-state index in [2.05, 4.69) is 0 Å². The van der Waals surface area contributed by atoms with Crippen LogP contribution in [0.1, 0.15) is 25.3 Å². The molecule has 108 valence electrons. The van der Waals surface area contributed by atoms with Gasteiger partial charge in [-0.25, -0.2) is 0 Å². The van der Waals surface area contributed by atoms with Crippen LogP contribution in [0.3, 0.4) is 0 Å². The topological polar surface area (TPSA) is 57.6 Å². The predicted octanol–water partition coefficient (Wildman–Crippen LogP) is 2.38. The minimum absolute atomic E-state index is 0.0594. The number of benzene rings is 1. The number of carbonyl (C=O) groups excluding carboxylic acids is 1. The number of hydrogen-bond acceptors (Lipinski definition) is 3. The van der Waals surface area contributed by atoms with E-state index in [4.69, 9.17) is 5.11 Å². The normalized spacial score (nSPS) is 15.7. The Morgan fingerprint density at radius 3 is 2.55 bits per heavy atom.